The average molecular weight is 290 g/mol. The topological polar surface area (TPSA) is 63.4 Å². The van der Waals surface area contributed by atoms with Crippen molar-refractivity contribution in [2.45, 2.75) is 50.9 Å². The molecule has 0 radical (unpaired) electrons. The van der Waals surface area contributed by atoms with Crippen molar-refractivity contribution in [3.8, 4) is 0 Å². The quantitative estimate of drug-likeness (QED) is 0.874. The Balaban J connectivity index is 3.17. The van der Waals surface area contributed by atoms with Gasteiger partial charge in [0.15, 0.2) is 0 Å². The van der Waals surface area contributed by atoms with Crippen molar-refractivity contribution in [3.63, 3.8) is 0 Å². The fourth-order valence-corrected chi connectivity index (χ4v) is 5.14. The highest BCUT2D eigenvalue weighted by atomic mass is 32.2. The Bertz CT molecular complexity index is 492. The van der Waals surface area contributed by atoms with E-state index in [0.29, 0.717) is 17.3 Å². The molecule has 1 heterocycles. The van der Waals surface area contributed by atoms with Crippen LogP contribution >= 0.6 is 11.3 Å². The van der Waals surface area contributed by atoms with Crippen molar-refractivity contribution in [1.82, 2.24) is 4.31 Å². The summed E-state index contributed by atoms with van der Waals surface area (Å²) in [7, 11) is -3.38. The molecule has 18 heavy (non-hydrogen) atoms. The van der Waals surface area contributed by atoms with E-state index in [4.69, 9.17) is 5.73 Å². The van der Waals surface area contributed by atoms with Gasteiger partial charge in [0.2, 0.25) is 0 Å². The number of hydrogen-bond acceptors (Lipinski definition) is 4. The minimum Gasteiger partial charge on any atom is -0.326 e. The van der Waals surface area contributed by atoms with Crippen molar-refractivity contribution in [2.75, 3.05) is 6.54 Å². The summed E-state index contributed by atoms with van der Waals surface area (Å²) in [5, 5.41) is 0. The van der Waals surface area contributed by atoms with Gasteiger partial charge in [-0.3, -0.25) is 0 Å². The van der Waals surface area contributed by atoms with Gasteiger partial charge in [-0.15, -0.1) is 11.3 Å². The standard InChI is InChI=1S/C12H22N2O2S2/c1-5-6-14(9(2)3)18(15,16)12-7-10(4)11(8-13)17-12/h7,9H,5-6,8,13H2,1-4H3. The lowest BCUT2D eigenvalue weighted by atomic mass is 10.3. The van der Waals surface area contributed by atoms with Crippen LogP contribution in [0.3, 0.4) is 0 Å². The molecule has 1 aromatic heterocycles. The molecule has 6 heteroatoms. The molecule has 0 saturated heterocycles. The predicted octanol–water partition coefficient (Wildman–Crippen LogP) is 2.32. The van der Waals surface area contributed by atoms with Crippen LogP contribution in [-0.4, -0.2) is 25.3 Å². The molecule has 0 bridgehead atoms. The lowest BCUT2D eigenvalue weighted by Gasteiger charge is -2.24. The molecule has 0 saturated carbocycles. The van der Waals surface area contributed by atoms with Gasteiger partial charge >= 0.3 is 0 Å². The summed E-state index contributed by atoms with van der Waals surface area (Å²) in [5.74, 6) is 0. The lowest BCUT2D eigenvalue weighted by molar-refractivity contribution is 0.355. The van der Waals surface area contributed by atoms with Gasteiger partial charge in [-0.05, 0) is 38.8 Å². The fraction of sp³-hybridized carbons (Fsp3) is 0.667. The monoisotopic (exact) mass is 290 g/mol. The highest BCUT2D eigenvalue weighted by Crippen LogP contribution is 2.29. The van der Waals surface area contributed by atoms with Crippen LogP contribution in [0, 0.1) is 6.92 Å². The average Bonchev–Trinajstić information content (AvgIpc) is 2.67. The van der Waals surface area contributed by atoms with Gasteiger partial charge in [0.05, 0.1) is 0 Å². The lowest BCUT2D eigenvalue weighted by Crippen LogP contribution is -2.37. The van der Waals surface area contributed by atoms with E-state index in [1.54, 1.807) is 10.4 Å². The van der Waals surface area contributed by atoms with Gasteiger partial charge in [0.25, 0.3) is 10.0 Å². The molecular weight excluding hydrogens is 268 g/mol. The molecule has 104 valence electrons. The first-order valence-electron chi connectivity index (χ1n) is 6.15. The van der Waals surface area contributed by atoms with E-state index in [-0.39, 0.29) is 6.04 Å². The number of rotatable bonds is 6. The van der Waals surface area contributed by atoms with Crippen LogP contribution in [0.15, 0.2) is 10.3 Å². The number of nitrogens with two attached hydrogens (primary N) is 1. The Morgan fingerprint density at radius 3 is 2.44 bits per heavy atom. The first kappa shape index (κ1) is 15.6. The van der Waals surface area contributed by atoms with Gasteiger partial charge in [0.1, 0.15) is 4.21 Å². The van der Waals surface area contributed by atoms with Crippen LogP contribution in [0.2, 0.25) is 0 Å². The number of thiophene rings is 1. The third kappa shape index (κ3) is 3.12. The summed E-state index contributed by atoms with van der Waals surface area (Å²) in [6.07, 6.45) is 0.811. The summed E-state index contributed by atoms with van der Waals surface area (Å²) in [5.41, 5.74) is 6.56. The van der Waals surface area contributed by atoms with Gasteiger partial charge < -0.3 is 5.73 Å². The minimum atomic E-state index is -3.38. The van der Waals surface area contributed by atoms with Crippen LogP contribution in [-0.2, 0) is 16.6 Å². The van der Waals surface area contributed by atoms with Gasteiger partial charge in [0, 0.05) is 24.0 Å². The summed E-state index contributed by atoms with van der Waals surface area (Å²) in [6, 6.07) is 1.70. The first-order valence-corrected chi connectivity index (χ1v) is 8.41. The zero-order valence-electron chi connectivity index (χ0n) is 11.4. The predicted molar refractivity (Wildman–Crippen MR) is 76.3 cm³/mol. The Morgan fingerprint density at radius 1 is 1.44 bits per heavy atom. The van der Waals surface area contributed by atoms with E-state index in [1.165, 1.54) is 11.3 Å². The molecule has 1 aromatic rings. The zero-order chi connectivity index (χ0) is 13.9. The largest absolute Gasteiger partial charge is 0.326 e. The van der Waals surface area contributed by atoms with E-state index < -0.39 is 10.0 Å². The second kappa shape index (κ2) is 6.14. The van der Waals surface area contributed by atoms with Crippen LogP contribution in [0.1, 0.15) is 37.6 Å². The Labute approximate surface area is 114 Å². The SMILES string of the molecule is CCCN(C(C)C)S(=O)(=O)c1cc(C)c(CN)s1. The summed E-state index contributed by atoms with van der Waals surface area (Å²) < 4.78 is 27.0. The molecular formula is C12H22N2O2S2. The van der Waals surface area contributed by atoms with Crippen LogP contribution < -0.4 is 5.73 Å². The zero-order valence-corrected chi connectivity index (χ0v) is 13.1. The van der Waals surface area contributed by atoms with Crippen molar-refractivity contribution < 1.29 is 8.42 Å². The normalized spacial score (nSPS) is 12.6. The summed E-state index contributed by atoms with van der Waals surface area (Å²) in [4.78, 5) is 0.939. The first-order chi connectivity index (χ1) is 8.34. The fourth-order valence-electron chi connectivity index (χ4n) is 1.81. The van der Waals surface area contributed by atoms with E-state index in [0.717, 1.165) is 16.9 Å². The third-order valence-corrected chi connectivity index (χ3v) is 6.55. The smallest absolute Gasteiger partial charge is 0.252 e. The molecule has 2 N–H and O–H groups in total. The number of hydrogen-bond donors (Lipinski definition) is 1. The Kier molecular flexibility index (Phi) is 5.33. The highest BCUT2D eigenvalue weighted by molar-refractivity contribution is 7.91. The second-order valence-corrected chi connectivity index (χ2v) is 7.84. The second-order valence-electron chi connectivity index (χ2n) is 4.59. The van der Waals surface area contributed by atoms with Gasteiger partial charge in [-0.25, -0.2) is 8.42 Å². The molecule has 0 aliphatic heterocycles. The van der Waals surface area contributed by atoms with Crippen LogP contribution in [0.4, 0.5) is 0 Å². The molecule has 0 aliphatic rings. The maximum atomic E-state index is 12.5. The Hall–Kier alpha value is -0.430. The van der Waals surface area contributed by atoms with Crippen molar-refractivity contribution >= 4 is 21.4 Å². The highest BCUT2D eigenvalue weighted by Gasteiger charge is 2.28. The molecule has 0 unspecified atom stereocenters. The molecule has 0 atom stereocenters. The van der Waals surface area contributed by atoms with Crippen molar-refractivity contribution in [3.05, 3.63) is 16.5 Å². The maximum Gasteiger partial charge on any atom is 0.252 e. The third-order valence-electron chi connectivity index (χ3n) is 2.77. The van der Waals surface area contributed by atoms with Crippen LogP contribution in [0.5, 0.6) is 0 Å². The summed E-state index contributed by atoms with van der Waals surface area (Å²) in [6.45, 7) is 8.62. The molecule has 4 nitrogen and oxygen atoms in total. The van der Waals surface area contributed by atoms with Gasteiger partial charge in [-0.2, -0.15) is 4.31 Å². The van der Waals surface area contributed by atoms with E-state index in [2.05, 4.69) is 0 Å². The van der Waals surface area contributed by atoms with Gasteiger partial charge in [-0.1, -0.05) is 6.92 Å². The molecule has 0 fully saturated rings. The summed E-state index contributed by atoms with van der Waals surface area (Å²) >= 11 is 1.28. The van der Waals surface area contributed by atoms with Crippen molar-refractivity contribution in [2.24, 2.45) is 5.73 Å². The maximum absolute atomic E-state index is 12.5. The minimum absolute atomic E-state index is 0.0290. The van der Waals surface area contributed by atoms with E-state index in [1.807, 2.05) is 27.7 Å². The van der Waals surface area contributed by atoms with E-state index in [9.17, 15) is 8.42 Å². The molecule has 1 rings (SSSR count). The van der Waals surface area contributed by atoms with E-state index >= 15 is 0 Å². The molecule has 0 aromatic carbocycles. The van der Waals surface area contributed by atoms with Crippen molar-refractivity contribution in [1.29, 1.82) is 0 Å². The Morgan fingerprint density at radius 2 is 2.06 bits per heavy atom. The number of aryl methyl sites for hydroxylation is 1. The number of nitrogens with zero attached hydrogens (tertiary/aromatic N) is 1. The molecule has 0 amide bonds. The molecule has 0 aliphatic carbocycles. The van der Waals surface area contributed by atoms with Crippen LogP contribution in [0.25, 0.3) is 0 Å². The number of sulfonamides is 1. The molecule has 0 spiro atoms.